The first-order valence-corrected chi connectivity index (χ1v) is 5.55. The van der Waals surface area contributed by atoms with Gasteiger partial charge >= 0.3 is 11.9 Å². The second-order valence-electron chi connectivity index (χ2n) is 3.99. The molecule has 4 atom stereocenters. The van der Waals surface area contributed by atoms with Crippen molar-refractivity contribution in [2.75, 3.05) is 14.2 Å². The number of esters is 2. The molecule has 0 unspecified atom stereocenters. The Morgan fingerprint density at radius 2 is 1.17 bits per heavy atom. The maximum absolute atomic E-state index is 11.1. The predicted molar refractivity (Wildman–Crippen MR) is 63.5 cm³/mol. The fraction of sp³-hybridized carbons (Fsp3) is 0.667. The van der Waals surface area contributed by atoms with E-state index in [1.54, 1.807) is 0 Å². The van der Waals surface area contributed by atoms with E-state index in [-0.39, 0.29) is 0 Å². The molecule has 0 aliphatic carbocycles. The summed E-state index contributed by atoms with van der Waals surface area (Å²) in [5, 5.41) is 19.3. The molecule has 0 saturated carbocycles. The van der Waals surface area contributed by atoms with E-state index < -0.39 is 36.0 Å². The largest absolute Gasteiger partial charge is 0.469 e. The van der Waals surface area contributed by atoms with Gasteiger partial charge in [0.05, 0.1) is 38.3 Å². The molecule has 0 heterocycles. The Balaban J connectivity index is 4.46. The number of ether oxygens (including phenoxy) is 2. The van der Waals surface area contributed by atoms with Gasteiger partial charge in [0.2, 0.25) is 0 Å². The average molecular weight is 260 g/mol. The van der Waals surface area contributed by atoms with E-state index >= 15 is 0 Å². The fourth-order valence-corrected chi connectivity index (χ4v) is 1.21. The van der Waals surface area contributed by atoms with Crippen molar-refractivity contribution >= 4 is 11.9 Å². The first-order valence-electron chi connectivity index (χ1n) is 5.55. The van der Waals surface area contributed by atoms with Crippen LogP contribution in [0.3, 0.4) is 0 Å². The average Bonchev–Trinajstić information content (AvgIpc) is 2.40. The van der Waals surface area contributed by atoms with Gasteiger partial charge in [-0.3, -0.25) is 9.59 Å². The van der Waals surface area contributed by atoms with E-state index in [0.29, 0.717) is 0 Å². The van der Waals surface area contributed by atoms with Crippen LogP contribution in [0.5, 0.6) is 0 Å². The molecule has 18 heavy (non-hydrogen) atoms. The minimum absolute atomic E-state index is 0.553. The highest BCUT2D eigenvalue weighted by Crippen LogP contribution is 2.10. The Morgan fingerprint density at radius 1 is 0.889 bits per heavy atom. The molecule has 0 aliphatic rings. The number of rotatable bonds is 6. The summed E-state index contributed by atoms with van der Waals surface area (Å²) in [5.74, 6) is -2.59. The number of carbonyl (C=O) groups excluding carboxylic acids is 2. The third-order valence-electron chi connectivity index (χ3n) is 2.68. The molecule has 104 valence electrons. The van der Waals surface area contributed by atoms with Gasteiger partial charge in [-0.1, -0.05) is 12.2 Å². The first kappa shape index (κ1) is 16.6. The van der Waals surface area contributed by atoms with Gasteiger partial charge in [-0.05, 0) is 13.8 Å². The van der Waals surface area contributed by atoms with Crippen molar-refractivity contribution in [3.05, 3.63) is 12.2 Å². The van der Waals surface area contributed by atoms with Crippen molar-refractivity contribution in [2.45, 2.75) is 26.1 Å². The summed E-state index contributed by atoms with van der Waals surface area (Å²) in [6.45, 7) is 2.99. The zero-order valence-electron chi connectivity index (χ0n) is 11.0. The molecule has 0 aromatic carbocycles. The second kappa shape index (κ2) is 7.84. The minimum atomic E-state index is -1.09. The van der Waals surface area contributed by atoms with Crippen LogP contribution in [-0.4, -0.2) is 48.6 Å². The highest BCUT2D eigenvalue weighted by molar-refractivity contribution is 5.73. The number of aliphatic hydroxyl groups excluding tert-OH is 2. The van der Waals surface area contributed by atoms with Crippen LogP contribution in [0, 0.1) is 11.8 Å². The van der Waals surface area contributed by atoms with Gasteiger partial charge in [0.15, 0.2) is 0 Å². The van der Waals surface area contributed by atoms with E-state index in [1.807, 2.05) is 0 Å². The summed E-state index contributed by atoms with van der Waals surface area (Å²) in [6, 6.07) is 0. The number of aliphatic hydroxyl groups is 2. The van der Waals surface area contributed by atoms with E-state index in [9.17, 15) is 19.8 Å². The molecule has 0 aromatic heterocycles. The van der Waals surface area contributed by atoms with E-state index in [4.69, 9.17) is 0 Å². The van der Waals surface area contributed by atoms with Crippen LogP contribution in [0.1, 0.15) is 13.8 Å². The molecule has 2 N–H and O–H groups in total. The molecular formula is C12H20O6. The Bertz CT molecular complexity index is 282. The van der Waals surface area contributed by atoms with Gasteiger partial charge in [-0.25, -0.2) is 0 Å². The van der Waals surface area contributed by atoms with Crippen LogP contribution < -0.4 is 0 Å². The van der Waals surface area contributed by atoms with Gasteiger partial charge in [-0.15, -0.1) is 0 Å². The smallest absolute Gasteiger partial charge is 0.311 e. The van der Waals surface area contributed by atoms with Crippen LogP contribution in [0.25, 0.3) is 0 Å². The molecule has 0 radical (unpaired) electrons. The van der Waals surface area contributed by atoms with Crippen LogP contribution in [0.2, 0.25) is 0 Å². The van der Waals surface area contributed by atoms with Gasteiger partial charge in [0, 0.05) is 0 Å². The number of methoxy groups -OCH3 is 2. The minimum Gasteiger partial charge on any atom is -0.469 e. The summed E-state index contributed by atoms with van der Waals surface area (Å²) in [6.07, 6.45) is 0.339. The highest BCUT2D eigenvalue weighted by Gasteiger charge is 2.23. The Labute approximate surface area is 106 Å². The lowest BCUT2D eigenvalue weighted by atomic mass is 10.0. The summed E-state index contributed by atoms with van der Waals surface area (Å²) >= 11 is 0. The SMILES string of the molecule is COC(=O)[C@@H](C)[C@H](O)/C=C\[C@@H](O)[C@H](C)C(=O)OC. The molecule has 0 spiro atoms. The molecule has 0 amide bonds. The molecule has 0 aliphatic heterocycles. The molecular weight excluding hydrogens is 240 g/mol. The standard InChI is InChI=1S/C12H20O6/c1-7(11(15)17-3)9(13)5-6-10(14)8(2)12(16)18-4/h5-10,13-14H,1-4H3/b6-5-/t7-,8-,9+,10+/m0/s1. The Hall–Kier alpha value is -1.40. The fourth-order valence-electron chi connectivity index (χ4n) is 1.21. The lowest BCUT2D eigenvalue weighted by Gasteiger charge is -2.15. The zero-order chi connectivity index (χ0) is 14.3. The molecule has 0 aromatic rings. The molecule has 0 saturated heterocycles. The van der Waals surface area contributed by atoms with Crippen molar-refractivity contribution < 1.29 is 29.3 Å². The molecule has 6 nitrogen and oxygen atoms in total. The van der Waals surface area contributed by atoms with Crippen molar-refractivity contribution in [3.63, 3.8) is 0 Å². The highest BCUT2D eigenvalue weighted by atomic mass is 16.5. The summed E-state index contributed by atoms with van der Waals surface area (Å²) in [7, 11) is 2.45. The van der Waals surface area contributed by atoms with E-state index in [0.717, 1.165) is 0 Å². The van der Waals surface area contributed by atoms with Crippen LogP contribution in [0.4, 0.5) is 0 Å². The third kappa shape index (κ3) is 4.85. The van der Waals surface area contributed by atoms with Crippen molar-refractivity contribution in [2.24, 2.45) is 11.8 Å². The zero-order valence-corrected chi connectivity index (χ0v) is 11.0. The van der Waals surface area contributed by atoms with Crippen LogP contribution in [0.15, 0.2) is 12.2 Å². The van der Waals surface area contributed by atoms with Gasteiger partial charge in [-0.2, -0.15) is 0 Å². The Morgan fingerprint density at radius 3 is 1.39 bits per heavy atom. The predicted octanol–water partition coefficient (Wildman–Crippen LogP) is -0.117. The molecule has 6 heteroatoms. The van der Waals surface area contributed by atoms with E-state index in [2.05, 4.69) is 9.47 Å². The Kier molecular flexibility index (Phi) is 7.23. The van der Waals surface area contributed by atoms with Crippen molar-refractivity contribution in [1.82, 2.24) is 0 Å². The number of carbonyl (C=O) groups is 2. The van der Waals surface area contributed by atoms with Gasteiger partial charge in [0.25, 0.3) is 0 Å². The van der Waals surface area contributed by atoms with Crippen LogP contribution >= 0.6 is 0 Å². The van der Waals surface area contributed by atoms with Crippen LogP contribution in [-0.2, 0) is 19.1 Å². The number of hydrogen-bond acceptors (Lipinski definition) is 6. The summed E-state index contributed by atoms with van der Waals surface area (Å²) < 4.78 is 8.95. The lowest BCUT2D eigenvalue weighted by Crippen LogP contribution is -2.27. The van der Waals surface area contributed by atoms with E-state index in [1.165, 1.54) is 40.2 Å². The summed E-state index contributed by atoms with van der Waals surface area (Å²) in [5.41, 5.74) is 0. The van der Waals surface area contributed by atoms with Gasteiger partial charge in [0.1, 0.15) is 0 Å². The maximum atomic E-state index is 11.1. The normalized spacial score (nSPS) is 17.9. The monoisotopic (exact) mass is 260 g/mol. The van der Waals surface area contributed by atoms with Crippen molar-refractivity contribution in [3.8, 4) is 0 Å². The molecule has 0 rings (SSSR count). The molecule has 0 fully saturated rings. The van der Waals surface area contributed by atoms with Gasteiger partial charge < -0.3 is 19.7 Å². The maximum Gasteiger partial charge on any atom is 0.311 e. The third-order valence-corrected chi connectivity index (χ3v) is 2.68. The number of hydrogen-bond donors (Lipinski definition) is 2. The summed E-state index contributed by atoms with van der Waals surface area (Å²) in [4.78, 5) is 22.3. The lowest BCUT2D eigenvalue weighted by molar-refractivity contribution is -0.148. The topological polar surface area (TPSA) is 93.1 Å². The quantitative estimate of drug-likeness (QED) is 0.511. The molecule has 0 bridgehead atoms. The second-order valence-corrected chi connectivity index (χ2v) is 3.99. The van der Waals surface area contributed by atoms with Crippen molar-refractivity contribution in [1.29, 1.82) is 0 Å². The first-order chi connectivity index (χ1) is 8.34.